The van der Waals surface area contributed by atoms with Gasteiger partial charge in [-0.2, -0.15) is 0 Å². The second kappa shape index (κ2) is 3.11. The first kappa shape index (κ1) is 7.56. The molecular formula is C10H7N3. The first-order chi connectivity index (χ1) is 6.40. The number of H-pyrrole nitrogens is 1. The maximum Gasteiger partial charge on any atom is 0.0853 e. The molecule has 13 heavy (non-hydrogen) atoms. The number of aromatic amines is 1. The topological polar surface area (TPSA) is 41.6 Å². The van der Waals surface area contributed by atoms with Crippen molar-refractivity contribution in [3.8, 4) is 23.6 Å². The van der Waals surface area contributed by atoms with Crippen LogP contribution in [0.4, 0.5) is 0 Å². The van der Waals surface area contributed by atoms with Gasteiger partial charge in [0.05, 0.1) is 11.9 Å². The second-order valence-electron chi connectivity index (χ2n) is 2.60. The number of nitrogens with zero attached hydrogens (tertiary/aromatic N) is 2. The Kier molecular flexibility index (Phi) is 1.81. The second-order valence-corrected chi connectivity index (χ2v) is 2.60. The fourth-order valence-corrected chi connectivity index (χ4v) is 1.11. The molecule has 3 heteroatoms. The molecular weight excluding hydrogens is 162 g/mol. The van der Waals surface area contributed by atoms with Crippen LogP contribution in [0.15, 0.2) is 30.5 Å². The highest BCUT2D eigenvalue weighted by molar-refractivity contribution is 5.60. The predicted octanol–water partition coefficient (Wildman–Crippen LogP) is 1.45. The van der Waals surface area contributed by atoms with Gasteiger partial charge in [-0.05, 0) is 12.1 Å². The van der Waals surface area contributed by atoms with E-state index in [1.54, 1.807) is 6.20 Å². The molecule has 0 aliphatic rings. The minimum atomic E-state index is 0.854. The molecule has 0 amide bonds. The van der Waals surface area contributed by atoms with E-state index >= 15 is 0 Å². The van der Waals surface area contributed by atoms with Crippen molar-refractivity contribution < 1.29 is 0 Å². The van der Waals surface area contributed by atoms with Crippen LogP contribution < -0.4 is 0 Å². The number of hydrogen-bond acceptors (Lipinski definition) is 2. The zero-order valence-electron chi connectivity index (χ0n) is 6.86. The first-order valence-corrected chi connectivity index (χ1v) is 3.83. The van der Waals surface area contributed by atoms with Crippen LogP contribution in [-0.2, 0) is 0 Å². The molecule has 0 saturated carbocycles. The molecule has 2 aromatic rings. The van der Waals surface area contributed by atoms with Gasteiger partial charge in [-0.1, -0.05) is 23.3 Å². The smallest absolute Gasteiger partial charge is 0.0853 e. The van der Waals surface area contributed by atoms with E-state index in [1.165, 1.54) is 0 Å². The lowest BCUT2D eigenvalue weighted by molar-refractivity contribution is 0.942. The Morgan fingerprint density at radius 2 is 2.31 bits per heavy atom. The third kappa shape index (κ3) is 1.42. The van der Waals surface area contributed by atoms with Crippen LogP contribution in [-0.4, -0.2) is 15.4 Å². The van der Waals surface area contributed by atoms with Crippen LogP contribution >= 0.6 is 0 Å². The summed E-state index contributed by atoms with van der Waals surface area (Å²) in [7, 11) is 0. The summed E-state index contributed by atoms with van der Waals surface area (Å²) >= 11 is 0. The van der Waals surface area contributed by atoms with Crippen molar-refractivity contribution in [2.24, 2.45) is 0 Å². The first-order valence-electron chi connectivity index (χ1n) is 3.83. The molecule has 0 aliphatic heterocycles. The van der Waals surface area contributed by atoms with Gasteiger partial charge in [0.25, 0.3) is 0 Å². The van der Waals surface area contributed by atoms with E-state index in [0.717, 1.165) is 16.8 Å². The molecule has 2 rings (SSSR count). The predicted molar refractivity (Wildman–Crippen MR) is 49.8 cm³/mol. The molecule has 0 atom stereocenters. The van der Waals surface area contributed by atoms with Crippen molar-refractivity contribution in [3.05, 3.63) is 36.0 Å². The van der Waals surface area contributed by atoms with Crippen LogP contribution in [0.5, 0.6) is 0 Å². The van der Waals surface area contributed by atoms with E-state index in [1.807, 2.05) is 24.3 Å². The van der Waals surface area contributed by atoms with Crippen molar-refractivity contribution in [3.63, 3.8) is 0 Å². The molecule has 1 aromatic carbocycles. The van der Waals surface area contributed by atoms with Crippen LogP contribution in [0.1, 0.15) is 5.56 Å². The molecule has 0 fully saturated rings. The molecule has 0 spiro atoms. The van der Waals surface area contributed by atoms with Gasteiger partial charge in [-0.15, -0.1) is 11.5 Å². The van der Waals surface area contributed by atoms with E-state index in [9.17, 15) is 0 Å². The molecule has 1 N–H and O–H groups in total. The monoisotopic (exact) mass is 169 g/mol. The van der Waals surface area contributed by atoms with Gasteiger partial charge in [0.2, 0.25) is 0 Å². The molecule has 0 aliphatic carbocycles. The van der Waals surface area contributed by atoms with Crippen molar-refractivity contribution in [1.82, 2.24) is 15.4 Å². The largest absolute Gasteiger partial charge is 0.258 e. The summed E-state index contributed by atoms with van der Waals surface area (Å²) in [5.74, 6) is 2.57. The molecule has 0 bridgehead atoms. The Hall–Kier alpha value is -2.08. The summed E-state index contributed by atoms with van der Waals surface area (Å²) in [5.41, 5.74) is 2.73. The number of benzene rings is 1. The van der Waals surface area contributed by atoms with E-state index in [4.69, 9.17) is 6.42 Å². The standard InChI is InChI=1S/C10H7N3/c1-2-8-4-3-5-9(6-8)10-7-11-13-12-10/h1,3-7H,(H,11,12,13). The van der Waals surface area contributed by atoms with Crippen LogP contribution in [0.25, 0.3) is 11.3 Å². The zero-order valence-corrected chi connectivity index (χ0v) is 6.86. The maximum atomic E-state index is 5.28. The number of nitrogens with one attached hydrogen (secondary N) is 1. The molecule has 1 aromatic heterocycles. The number of hydrogen-bond donors (Lipinski definition) is 1. The van der Waals surface area contributed by atoms with E-state index in [0.29, 0.717) is 0 Å². The van der Waals surface area contributed by atoms with Gasteiger partial charge in [-0.3, -0.25) is 5.10 Å². The van der Waals surface area contributed by atoms with Gasteiger partial charge >= 0.3 is 0 Å². The number of rotatable bonds is 1. The van der Waals surface area contributed by atoms with E-state index < -0.39 is 0 Å². The van der Waals surface area contributed by atoms with Gasteiger partial charge in [0.15, 0.2) is 0 Å². The van der Waals surface area contributed by atoms with Gasteiger partial charge in [0, 0.05) is 11.1 Å². The highest BCUT2D eigenvalue weighted by Gasteiger charge is 1.98. The molecule has 1 heterocycles. The lowest BCUT2D eigenvalue weighted by Crippen LogP contribution is -1.79. The molecule has 0 saturated heterocycles. The Labute approximate surface area is 75.8 Å². The summed E-state index contributed by atoms with van der Waals surface area (Å²) in [5, 5.41) is 10.1. The van der Waals surface area contributed by atoms with Crippen molar-refractivity contribution in [2.75, 3.05) is 0 Å². The minimum Gasteiger partial charge on any atom is -0.258 e. The SMILES string of the molecule is C#Cc1cccc(-c2cnn[nH]2)c1. The highest BCUT2D eigenvalue weighted by Crippen LogP contribution is 2.15. The van der Waals surface area contributed by atoms with Crippen molar-refractivity contribution in [1.29, 1.82) is 0 Å². The number of aromatic nitrogens is 3. The summed E-state index contributed by atoms with van der Waals surface area (Å²) in [6.07, 6.45) is 6.94. The summed E-state index contributed by atoms with van der Waals surface area (Å²) < 4.78 is 0. The highest BCUT2D eigenvalue weighted by atomic mass is 15.3. The van der Waals surface area contributed by atoms with E-state index in [2.05, 4.69) is 21.3 Å². The average molecular weight is 169 g/mol. The van der Waals surface area contributed by atoms with Gasteiger partial charge in [-0.25, -0.2) is 0 Å². The Bertz CT molecular complexity index is 437. The van der Waals surface area contributed by atoms with Crippen LogP contribution in [0.3, 0.4) is 0 Å². The Balaban J connectivity index is 2.49. The molecule has 3 nitrogen and oxygen atoms in total. The fraction of sp³-hybridized carbons (Fsp3) is 0. The lowest BCUT2D eigenvalue weighted by Gasteiger charge is -1.96. The average Bonchev–Trinajstić information content (AvgIpc) is 2.71. The van der Waals surface area contributed by atoms with E-state index in [-0.39, 0.29) is 0 Å². The van der Waals surface area contributed by atoms with Gasteiger partial charge < -0.3 is 0 Å². The summed E-state index contributed by atoms with van der Waals surface area (Å²) in [6.45, 7) is 0. The molecule has 62 valence electrons. The van der Waals surface area contributed by atoms with Gasteiger partial charge in [0.1, 0.15) is 0 Å². The van der Waals surface area contributed by atoms with Crippen LogP contribution in [0, 0.1) is 12.3 Å². The third-order valence-corrected chi connectivity index (χ3v) is 1.76. The van der Waals surface area contributed by atoms with Crippen molar-refractivity contribution in [2.45, 2.75) is 0 Å². The molecule has 0 radical (unpaired) electrons. The molecule has 0 unspecified atom stereocenters. The Morgan fingerprint density at radius 1 is 1.38 bits per heavy atom. The summed E-state index contributed by atoms with van der Waals surface area (Å²) in [6, 6.07) is 7.66. The maximum absolute atomic E-state index is 5.28. The third-order valence-electron chi connectivity index (χ3n) is 1.76. The van der Waals surface area contributed by atoms with Crippen LogP contribution in [0.2, 0.25) is 0 Å². The number of terminal acetylenes is 1. The normalized spacial score (nSPS) is 9.46. The summed E-state index contributed by atoms with van der Waals surface area (Å²) in [4.78, 5) is 0. The van der Waals surface area contributed by atoms with Crippen molar-refractivity contribution >= 4 is 0 Å². The quantitative estimate of drug-likeness (QED) is 0.656. The Morgan fingerprint density at radius 3 is 3.00 bits per heavy atom. The lowest BCUT2D eigenvalue weighted by atomic mass is 10.1. The zero-order chi connectivity index (χ0) is 9.10. The fourth-order valence-electron chi connectivity index (χ4n) is 1.11. The minimum absolute atomic E-state index is 0.854.